The van der Waals surface area contributed by atoms with Crippen LogP contribution in [0.3, 0.4) is 0 Å². The Balaban J connectivity index is 2.32. The van der Waals surface area contributed by atoms with Crippen molar-refractivity contribution in [1.82, 2.24) is 4.90 Å². The molecule has 1 heterocycles. The van der Waals surface area contributed by atoms with E-state index in [1.165, 1.54) is 10.5 Å². The Morgan fingerprint density at radius 1 is 1.33 bits per heavy atom. The summed E-state index contributed by atoms with van der Waals surface area (Å²) in [5.74, 6) is 1.79. The van der Waals surface area contributed by atoms with E-state index in [0.29, 0.717) is 11.7 Å². The number of hydrogen-bond acceptors (Lipinski definition) is 3. The molecule has 1 aromatic rings. The number of benzene rings is 1. The SMILES string of the molecule is CC(C)C(=O)C(C1CSc2ccccc21)N(C)C. The molecule has 1 aliphatic rings. The molecule has 2 rings (SSSR count). The van der Waals surface area contributed by atoms with Gasteiger partial charge >= 0.3 is 0 Å². The topological polar surface area (TPSA) is 20.3 Å². The lowest BCUT2D eigenvalue weighted by Gasteiger charge is -2.30. The normalized spacial score (nSPS) is 20.2. The predicted octanol–water partition coefficient (Wildman–Crippen LogP) is 3.03. The molecule has 18 heavy (non-hydrogen) atoms. The number of carbonyl (C=O) groups excluding carboxylic acids is 1. The average Bonchev–Trinajstić information content (AvgIpc) is 2.73. The van der Waals surface area contributed by atoms with Gasteiger partial charge in [-0.1, -0.05) is 32.0 Å². The van der Waals surface area contributed by atoms with Crippen LogP contribution in [-0.2, 0) is 4.79 Å². The van der Waals surface area contributed by atoms with Gasteiger partial charge in [-0.3, -0.25) is 9.69 Å². The van der Waals surface area contributed by atoms with Gasteiger partial charge in [0.1, 0.15) is 0 Å². The number of ketones is 1. The molecular weight excluding hydrogens is 242 g/mol. The summed E-state index contributed by atoms with van der Waals surface area (Å²) in [6, 6.07) is 8.48. The van der Waals surface area contributed by atoms with Crippen molar-refractivity contribution in [3.63, 3.8) is 0 Å². The van der Waals surface area contributed by atoms with Crippen LogP contribution in [0.25, 0.3) is 0 Å². The first-order valence-electron chi connectivity index (χ1n) is 6.44. The number of nitrogens with zero attached hydrogens (tertiary/aromatic N) is 1. The van der Waals surface area contributed by atoms with Gasteiger partial charge in [-0.2, -0.15) is 0 Å². The zero-order chi connectivity index (χ0) is 13.3. The molecule has 0 aliphatic carbocycles. The Kier molecular flexibility index (Phi) is 4.13. The molecule has 2 nitrogen and oxygen atoms in total. The van der Waals surface area contributed by atoms with Crippen LogP contribution in [-0.4, -0.2) is 36.6 Å². The van der Waals surface area contributed by atoms with Crippen molar-refractivity contribution in [1.29, 1.82) is 0 Å². The minimum Gasteiger partial charge on any atom is -0.299 e. The van der Waals surface area contributed by atoms with Gasteiger partial charge in [0.15, 0.2) is 5.78 Å². The Hall–Kier alpha value is -0.800. The second kappa shape index (κ2) is 5.45. The molecule has 0 aromatic heterocycles. The van der Waals surface area contributed by atoms with Gasteiger partial charge in [-0.25, -0.2) is 0 Å². The minimum atomic E-state index is 0.00106. The van der Waals surface area contributed by atoms with Gasteiger partial charge < -0.3 is 0 Å². The van der Waals surface area contributed by atoms with E-state index in [-0.39, 0.29) is 12.0 Å². The van der Waals surface area contributed by atoms with Crippen LogP contribution in [0.5, 0.6) is 0 Å². The molecule has 0 radical (unpaired) electrons. The fourth-order valence-electron chi connectivity index (χ4n) is 2.60. The molecule has 1 aromatic carbocycles. The number of carbonyl (C=O) groups is 1. The summed E-state index contributed by atoms with van der Waals surface area (Å²) in [5, 5.41) is 0. The number of likely N-dealkylation sites (N-methyl/N-ethyl adjacent to an activating group) is 1. The molecular formula is C15H21NOS. The zero-order valence-corrected chi connectivity index (χ0v) is 12.3. The molecule has 98 valence electrons. The second-order valence-corrected chi connectivity index (χ2v) is 6.48. The van der Waals surface area contributed by atoms with Crippen molar-refractivity contribution in [2.75, 3.05) is 19.8 Å². The maximum atomic E-state index is 12.4. The molecule has 0 saturated carbocycles. The van der Waals surface area contributed by atoms with E-state index in [1.807, 2.05) is 39.7 Å². The van der Waals surface area contributed by atoms with Gasteiger partial charge in [0, 0.05) is 22.5 Å². The van der Waals surface area contributed by atoms with E-state index in [0.717, 1.165) is 5.75 Å². The molecule has 1 aliphatic heterocycles. The first kappa shape index (κ1) is 13.6. The highest BCUT2D eigenvalue weighted by atomic mass is 32.2. The Morgan fingerprint density at radius 2 is 2.00 bits per heavy atom. The molecule has 0 spiro atoms. The van der Waals surface area contributed by atoms with Crippen LogP contribution in [0.1, 0.15) is 25.3 Å². The van der Waals surface area contributed by atoms with Crippen LogP contribution in [0.2, 0.25) is 0 Å². The van der Waals surface area contributed by atoms with E-state index in [9.17, 15) is 4.79 Å². The molecule has 0 saturated heterocycles. The third-order valence-electron chi connectivity index (χ3n) is 3.53. The van der Waals surface area contributed by atoms with Gasteiger partial charge in [-0.05, 0) is 25.7 Å². The lowest BCUT2D eigenvalue weighted by atomic mass is 9.86. The first-order valence-corrected chi connectivity index (χ1v) is 7.42. The van der Waals surface area contributed by atoms with Crippen molar-refractivity contribution >= 4 is 17.5 Å². The fraction of sp³-hybridized carbons (Fsp3) is 0.533. The summed E-state index contributed by atoms with van der Waals surface area (Å²) in [4.78, 5) is 15.8. The van der Waals surface area contributed by atoms with Gasteiger partial charge in [-0.15, -0.1) is 11.8 Å². The van der Waals surface area contributed by atoms with E-state index < -0.39 is 0 Å². The highest BCUT2D eigenvalue weighted by molar-refractivity contribution is 7.99. The van der Waals surface area contributed by atoms with Gasteiger partial charge in [0.05, 0.1) is 6.04 Å². The highest BCUT2D eigenvalue weighted by Crippen LogP contribution is 2.42. The summed E-state index contributed by atoms with van der Waals surface area (Å²) in [7, 11) is 4.02. The largest absolute Gasteiger partial charge is 0.299 e. The lowest BCUT2D eigenvalue weighted by molar-refractivity contribution is -0.127. The number of Topliss-reactive ketones (excluding diaryl/α,β-unsaturated/α-hetero) is 1. The van der Waals surface area contributed by atoms with E-state index in [4.69, 9.17) is 0 Å². The second-order valence-electron chi connectivity index (χ2n) is 5.42. The third kappa shape index (κ3) is 2.47. The summed E-state index contributed by atoms with van der Waals surface area (Å²) < 4.78 is 0. The first-order chi connectivity index (χ1) is 8.52. The standard InChI is InChI=1S/C15H21NOS/c1-10(2)15(17)14(16(3)4)12-9-18-13-8-6-5-7-11(12)13/h5-8,10,12,14H,9H2,1-4H3. The summed E-state index contributed by atoms with van der Waals surface area (Å²) in [6.07, 6.45) is 0. The van der Waals surface area contributed by atoms with Crippen molar-refractivity contribution < 1.29 is 4.79 Å². The van der Waals surface area contributed by atoms with Crippen LogP contribution in [0.4, 0.5) is 0 Å². The van der Waals surface area contributed by atoms with E-state index in [1.54, 1.807) is 0 Å². The maximum Gasteiger partial charge on any atom is 0.153 e. The van der Waals surface area contributed by atoms with Gasteiger partial charge in [0.2, 0.25) is 0 Å². The fourth-order valence-corrected chi connectivity index (χ4v) is 3.88. The highest BCUT2D eigenvalue weighted by Gasteiger charge is 2.36. The van der Waals surface area contributed by atoms with Gasteiger partial charge in [0.25, 0.3) is 0 Å². The molecule has 3 heteroatoms. The molecule has 0 amide bonds. The Bertz CT molecular complexity index is 442. The predicted molar refractivity (Wildman–Crippen MR) is 77.2 cm³/mol. The Labute approximate surface area is 114 Å². The summed E-state index contributed by atoms with van der Waals surface area (Å²) >= 11 is 1.87. The van der Waals surface area contributed by atoms with Crippen LogP contribution in [0, 0.1) is 5.92 Å². The van der Waals surface area contributed by atoms with Crippen molar-refractivity contribution in [2.24, 2.45) is 5.92 Å². The quantitative estimate of drug-likeness (QED) is 0.833. The van der Waals surface area contributed by atoms with E-state index >= 15 is 0 Å². The number of thioether (sulfide) groups is 1. The smallest absolute Gasteiger partial charge is 0.153 e. The molecule has 2 unspecified atom stereocenters. The molecule has 0 fully saturated rings. The van der Waals surface area contributed by atoms with E-state index in [2.05, 4.69) is 29.2 Å². The minimum absolute atomic E-state index is 0.00106. The van der Waals surface area contributed by atoms with Crippen molar-refractivity contribution in [3.05, 3.63) is 29.8 Å². The monoisotopic (exact) mass is 263 g/mol. The molecule has 0 bridgehead atoms. The third-order valence-corrected chi connectivity index (χ3v) is 4.74. The maximum absolute atomic E-state index is 12.4. The average molecular weight is 263 g/mol. The molecule has 2 atom stereocenters. The zero-order valence-electron chi connectivity index (χ0n) is 11.5. The number of fused-ring (bicyclic) bond motifs is 1. The van der Waals surface area contributed by atoms with Crippen LogP contribution < -0.4 is 0 Å². The Morgan fingerprint density at radius 3 is 2.61 bits per heavy atom. The van der Waals surface area contributed by atoms with Crippen LogP contribution in [0.15, 0.2) is 29.2 Å². The van der Waals surface area contributed by atoms with Crippen molar-refractivity contribution in [2.45, 2.75) is 30.7 Å². The molecule has 0 N–H and O–H groups in total. The summed E-state index contributed by atoms with van der Waals surface area (Å²) in [6.45, 7) is 3.99. The lowest BCUT2D eigenvalue weighted by Crippen LogP contribution is -2.43. The van der Waals surface area contributed by atoms with Crippen LogP contribution >= 0.6 is 11.8 Å². The number of rotatable bonds is 4. The number of hydrogen-bond donors (Lipinski definition) is 0. The van der Waals surface area contributed by atoms with Crippen molar-refractivity contribution in [3.8, 4) is 0 Å². The summed E-state index contributed by atoms with van der Waals surface area (Å²) in [5.41, 5.74) is 1.34.